The Morgan fingerprint density at radius 3 is 1.61 bits per heavy atom. The van der Waals surface area contributed by atoms with E-state index in [1.807, 2.05) is 23.5 Å². The Bertz CT molecular complexity index is 266. The van der Waals surface area contributed by atoms with Crippen molar-refractivity contribution in [2.24, 2.45) is 0 Å². The lowest BCUT2D eigenvalue weighted by molar-refractivity contribution is 0.401. The normalized spacial score (nSPS) is 47.0. The van der Waals surface area contributed by atoms with E-state index in [-0.39, 0.29) is 9.87 Å². The average molecular weight is 325 g/mol. The smallest absolute Gasteiger partial charge is 0.134 e. The van der Waals surface area contributed by atoms with Gasteiger partial charge < -0.3 is 9.47 Å². The summed E-state index contributed by atoms with van der Waals surface area (Å²) in [5, 5.41) is 1.63. The fourth-order valence-electron chi connectivity index (χ4n) is 1.68. The lowest BCUT2D eigenvalue weighted by Crippen LogP contribution is -2.26. The summed E-state index contributed by atoms with van der Waals surface area (Å²) in [6, 6.07) is 0. The van der Waals surface area contributed by atoms with Gasteiger partial charge in [0.05, 0.1) is 13.2 Å². The van der Waals surface area contributed by atoms with Crippen LogP contribution in [0, 0.1) is 0 Å². The highest BCUT2D eigenvalue weighted by atomic mass is 32.2. The van der Waals surface area contributed by atoms with Gasteiger partial charge in [-0.3, -0.25) is 0 Å². The average Bonchev–Trinajstić information content (AvgIpc) is 3.28. The molecular weight excluding hydrogens is 304 g/mol. The van der Waals surface area contributed by atoms with Crippen LogP contribution in [-0.4, -0.2) is 56.6 Å². The van der Waals surface area contributed by atoms with E-state index in [0.29, 0.717) is 0 Å². The molecule has 3 saturated heterocycles. The zero-order chi connectivity index (χ0) is 12.6. The minimum atomic E-state index is 0.163. The first-order chi connectivity index (χ1) is 8.57. The van der Waals surface area contributed by atoms with Crippen molar-refractivity contribution in [1.82, 2.24) is 0 Å². The Morgan fingerprint density at radius 1 is 0.944 bits per heavy atom. The molecular formula is C12H20O2S4. The minimum Gasteiger partial charge on any atom is -0.358 e. The number of epoxide rings is 2. The van der Waals surface area contributed by atoms with Crippen LogP contribution in [0.25, 0.3) is 0 Å². The maximum atomic E-state index is 5.42. The minimum absolute atomic E-state index is 0.163. The highest BCUT2D eigenvalue weighted by Gasteiger charge is 2.42. The molecule has 3 fully saturated rings. The fraction of sp³-hybridized carbons (Fsp3) is 1.00. The predicted octanol–water partition coefficient (Wildman–Crippen LogP) is 3.16. The highest BCUT2D eigenvalue weighted by molar-refractivity contribution is 8.09. The van der Waals surface area contributed by atoms with Crippen molar-refractivity contribution in [1.29, 1.82) is 0 Å². The summed E-state index contributed by atoms with van der Waals surface area (Å²) in [5.41, 5.74) is 0. The van der Waals surface area contributed by atoms with Crippen molar-refractivity contribution in [2.45, 2.75) is 34.2 Å². The van der Waals surface area contributed by atoms with Crippen LogP contribution in [-0.2, 0) is 9.47 Å². The molecule has 4 atom stereocenters. The quantitative estimate of drug-likeness (QED) is 0.696. The lowest BCUT2D eigenvalue weighted by atomic mass is 10.5. The summed E-state index contributed by atoms with van der Waals surface area (Å²) in [6.45, 7) is 6.29. The zero-order valence-electron chi connectivity index (χ0n) is 10.8. The molecule has 0 aromatic rings. The molecule has 0 aromatic carbocycles. The summed E-state index contributed by atoms with van der Waals surface area (Å²) >= 11 is 8.32. The summed E-state index contributed by atoms with van der Waals surface area (Å²) in [7, 11) is 0. The van der Waals surface area contributed by atoms with Gasteiger partial charge in [0.2, 0.25) is 0 Å². The van der Waals surface area contributed by atoms with Crippen LogP contribution in [0.2, 0.25) is 0 Å². The molecule has 6 heteroatoms. The first kappa shape index (κ1) is 14.3. The van der Waals surface area contributed by atoms with E-state index in [0.717, 1.165) is 23.7 Å². The van der Waals surface area contributed by atoms with Crippen LogP contribution < -0.4 is 0 Å². The Balaban J connectivity index is 1.30. The fourth-order valence-corrected chi connectivity index (χ4v) is 7.37. The third-order valence-corrected chi connectivity index (χ3v) is 9.76. The number of thioether (sulfide) groups is 4. The molecule has 0 aromatic heterocycles. The van der Waals surface area contributed by atoms with Crippen LogP contribution >= 0.6 is 47.0 Å². The molecule has 3 aliphatic rings. The van der Waals surface area contributed by atoms with Crippen molar-refractivity contribution >= 4 is 47.0 Å². The molecule has 18 heavy (non-hydrogen) atoms. The SMILES string of the molecule is CC1(SCC2CSC(CSC3(C)CO3)CS2)CO1. The molecule has 0 spiro atoms. The van der Waals surface area contributed by atoms with Gasteiger partial charge in [-0.05, 0) is 13.8 Å². The van der Waals surface area contributed by atoms with Crippen LogP contribution in [0.15, 0.2) is 0 Å². The van der Waals surface area contributed by atoms with Crippen molar-refractivity contribution < 1.29 is 9.47 Å². The van der Waals surface area contributed by atoms with Gasteiger partial charge in [-0.2, -0.15) is 23.5 Å². The van der Waals surface area contributed by atoms with E-state index in [1.54, 1.807) is 0 Å². The van der Waals surface area contributed by atoms with Gasteiger partial charge in [-0.1, -0.05) is 0 Å². The van der Waals surface area contributed by atoms with Crippen LogP contribution in [0.5, 0.6) is 0 Å². The molecule has 3 heterocycles. The maximum Gasteiger partial charge on any atom is 0.134 e. The van der Waals surface area contributed by atoms with Crippen LogP contribution in [0.3, 0.4) is 0 Å². The molecule has 0 amide bonds. The Labute approximate surface area is 126 Å². The van der Waals surface area contributed by atoms with Crippen molar-refractivity contribution in [2.75, 3.05) is 36.2 Å². The van der Waals surface area contributed by atoms with Gasteiger partial charge in [0.1, 0.15) is 9.87 Å². The van der Waals surface area contributed by atoms with E-state index in [9.17, 15) is 0 Å². The van der Waals surface area contributed by atoms with Gasteiger partial charge >= 0.3 is 0 Å². The van der Waals surface area contributed by atoms with E-state index < -0.39 is 0 Å². The maximum absolute atomic E-state index is 5.42. The number of ether oxygens (including phenoxy) is 2. The molecule has 0 aliphatic carbocycles. The zero-order valence-corrected chi connectivity index (χ0v) is 14.1. The summed E-state index contributed by atoms with van der Waals surface area (Å²) in [5.74, 6) is 5.09. The van der Waals surface area contributed by atoms with E-state index >= 15 is 0 Å². The lowest BCUT2D eigenvalue weighted by Gasteiger charge is -2.28. The standard InChI is InChI=1S/C12H20O2S4/c1-11(7-13-11)17-5-9-3-16-10(4-15-9)6-18-12(2)8-14-12/h9-10H,3-8H2,1-2H3. The molecule has 0 bridgehead atoms. The molecule has 0 N–H and O–H groups in total. The Morgan fingerprint density at radius 2 is 1.33 bits per heavy atom. The Kier molecular flexibility index (Phi) is 4.44. The Hall–Kier alpha value is 1.32. The van der Waals surface area contributed by atoms with Gasteiger partial charge in [-0.15, -0.1) is 23.5 Å². The highest BCUT2D eigenvalue weighted by Crippen LogP contribution is 2.44. The van der Waals surface area contributed by atoms with E-state index in [2.05, 4.69) is 37.4 Å². The van der Waals surface area contributed by atoms with Crippen LogP contribution in [0.1, 0.15) is 13.8 Å². The summed E-state index contributed by atoms with van der Waals surface area (Å²) < 4.78 is 10.8. The number of rotatable bonds is 6. The molecule has 4 unspecified atom stereocenters. The van der Waals surface area contributed by atoms with Crippen molar-refractivity contribution in [3.63, 3.8) is 0 Å². The predicted molar refractivity (Wildman–Crippen MR) is 86.1 cm³/mol. The summed E-state index contributed by atoms with van der Waals surface area (Å²) in [6.07, 6.45) is 0. The molecule has 2 nitrogen and oxygen atoms in total. The van der Waals surface area contributed by atoms with Crippen molar-refractivity contribution in [3.05, 3.63) is 0 Å². The van der Waals surface area contributed by atoms with Gasteiger partial charge in [0.25, 0.3) is 0 Å². The number of hydrogen-bond acceptors (Lipinski definition) is 6. The third-order valence-electron chi connectivity index (χ3n) is 3.29. The van der Waals surface area contributed by atoms with E-state index in [4.69, 9.17) is 9.47 Å². The van der Waals surface area contributed by atoms with Gasteiger partial charge in [0.15, 0.2) is 0 Å². The van der Waals surface area contributed by atoms with Crippen LogP contribution in [0.4, 0.5) is 0 Å². The monoisotopic (exact) mass is 324 g/mol. The third kappa shape index (κ3) is 4.16. The second-order valence-corrected chi connectivity index (χ2v) is 11.0. The van der Waals surface area contributed by atoms with E-state index in [1.165, 1.54) is 23.0 Å². The summed E-state index contributed by atoms with van der Waals surface area (Å²) in [4.78, 5) is 0.325. The van der Waals surface area contributed by atoms with Gasteiger partial charge in [0, 0.05) is 33.5 Å². The molecule has 0 saturated carbocycles. The molecule has 3 rings (SSSR count). The van der Waals surface area contributed by atoms with Gasteiger partial charge in [-0.25, -0.2) is 0 Å². The largest absolute Gasteiger partial charge is 0.358 e. The second kappa shape index (κ2) is 5.60. The number of hydrogen-bond donors (Lipinski definition) is 0. The molecule has 3 aliphatic heterocycles. The first-order valence-electron chi connectivity index (χ1n) is 6.36. The molecule has 0 radical (unpaired) electrons. The topological polar surface area (TPSA) is 25.1 Å². The van der Waals surface area contributed by atoms with Crippen molar-refractivity contribution in [3.8, 4) is 0 Å². The first-order valence-corrected chi connectivity index (χ1v) is 10.4. The molecule has 104 valence electrons. The second-order valence-electron chi connectivity index (χ2n) is 5.38.